The molecule has 1 aliphatic rings. The summed E-state index contributed by atoms with van der Waals surface area (Å²) >= 11 is 0. The lowest BCUT2D eigenvalue weighted by Crippen LogP contribution is -2.36. The lowest BCUT2D eigenvalue weighted by molar-refractivity contribution is -0.122. The van der Waals surface area contributed by atoms with Crippen LogP contribution >= 0.6 is 0 Å². The van der Waals surface area contributed by atoms with E-state index in [0.717, 1.165) is 32.5 Å². The van der Waals surface area contributed by atoms with E-state index in [4.69, 9.17) is 0 Å². The molecule has 1 aromatic rings. The average Bonchev–Trinajstić information content (AvgIpc) is 2.54. The lowest BCUT2D eigenvalue weighted by atomic mass is 9.93. The van der Waals surface area contributed by atoms with Crippen LogP contribution in [0.4, 0.5) is 4.39 Å². The van der Waals surface area contributed by atoms with Crippen LogP contribution in [0.1, 0.15) is 37.9 Å². The van der Waals surface area contributed by atoms with Gasteiger partial charge in [0.25, 0.3) is 0 Å². The Hall–Kier alpha value is -1.46. The van der Waals surface area contributed by atoms with E-state index >= 15 is 0 Å². The van der Waals surface area contributed by atoms with Gasteiger partial charge in [-0.15, -0.1) is 0 Å². The number of rotatable bonds is 6. The minimum Gasteiger partial charge on any atom is -0.387 e. The maximum Gasteiger partial charge on any atom is 0.220 e. The maximum atomic E-state index is 12.8. The number of hydrogen-bond donors (Lipinski definition) is 2. The second-order valence-corrected chi connectivity index (χ2v) is 5.95. The number of halogens is 1. The van der Waals surface area contributed by atoms with Crippen molar-refractivity contribution >= 4 is 5.91 Å². The fraction of sp³-hybridized carbons (Fsp3) is 0.588. The second-order valence-electron chi connectivity index (χ2n) is 5.95. The Bertz CT molecular complexity index is 470. The van der Waals surface area contributed by atoms with E-state index in [9.17, 15) is 14.3 Å². The molecule has 122 valence electrons. The minimum absolute atomic E-state index is 0.0175. The highest BCUT2D eigenvalue weighted by molar-refractivity contribution is 5.76. The first-order valence-corrected chi connectivity index (χ1v) is 8.01. The molecule has 0 unspecified atom stereocenters. The van der Waals surface area contributed by atoms with Gasteiger partial charge in [0, 0.05) is 13.0 Å². The summed E-state index contributed by atoms with van der Waals surface area (Å²) in [6.07, 6.45) is 1.84. The number of aliphatic hydroxyl groups is 1. The van der Waals surface area contributed by atoms with Gasteiger partial charge in [-0.2, -0.15) is 0 Å². The van der Waals surface area contributed by atoms with Crippen LogP contribution < -0.4 is 5.32 Å². The molecule has 1 saturated heterocycles. The van der Waals surface area contributed by atoms with Gasteiger partial charge in [-0.25, -0.2) is 4.39 Å². The van der Waals surface area contributed by atoms with Gasteiger partial charge in [-0.3, -0.25) is 4.79 Å². The van der Waals surface area contributed by atoms with Gasteiger partial charge >= 0.3 is 0 Å². The van der Waals surface area contributed by atoms with Gasteiger partial charge < -0.3 is 15.3 Å². The van der Waals surface area contributed by atoms with Crippen molar-refractivity contribution in [1.29, 1.82) is 0 Å². The Balaban J connectivity index is 1.70. The van der Waals surface area contributed by atoms with Crippen molar-refractivity contribution < 1.29 is 14.3 Å². The van der Waals surface area contributed by atoms with E-state index in [1.54, 1.807) is 0 Å². The molecule has 0 bridgehead atoms. The molecule has 0 saturated carbocycles. The summed E-state index contributed by atoms with van der Waals surface area (Å²) in [6.45, 7) is 5.52. The summed E-state index contributed by atoms with van der Waals surface area (Å²) in [6, 6.07) is 5.68. The van der Waals surface area contributed by atoms with Crippen molar-refractivity contribution in [3.05, 3.63) is 35.6 Å². The van der Waals surface area contributed by atoms with Crippen LogP contribution in [-0.2, 0) is 4.79 Å². The third-order valence-electron chi connectivity index (χ3n) is 4.38. The van der Waals surface area contributed by atoms with Gasteiger partial charge in [-0.1, -0.05) is 19.1 Å². The summed E-state index contributed by atoms with van der Waals surface area (Å²) in [4.78, 5) is 14.4. The SMILES string of the molecule is CCN1CCC(CC(=O)NC[C@@H](O)c2ccc(F)cc2)CC1. The molecule has 0 spiro atoms. The third kappa shape index (κ3) is 5.07. The monoisotopic (exact) mass is 308 g/mol. The van der Waals surface area contributed by atoms with Crippen LogP contribution in [0.25, 0.3) is 0 Å². The fourth-order valence-corrected chi connectivity index (χ4v) is 2.85. The highest BCUT2D eigenvalue weighted by Gasteiger charge is 2.20. The predicted molar refractivity (Wildman–Crippen MR) is 83.8 cm³/mol. The Labute approximate surface area is 131 Å². The number of nitrogens with one attached hydrogen (secondary N) is 1. The molecule has 1 aromatic carbocycles. The molecule has 1 heterocycles. The van der Waals surface area contributed by atoms with Crippen molar-refractivity contribution in [2.45, 2.75) is 32.3 Å². The lowest BCUT2D eigenvalue weighted by Gasteiger charge is -2.30. The summed E-state index contributed by atoms with van der Waals surface area (Å²) in [7, 11) is 0. The summed E-state index contributed by atoms with van der Waals surface area (Å²) < 4.78 is 12.8. The highest BCUT2D eigenvalue weighted by Crippen LogP contribution is 2.20. The minimum atomic E-state index is -0.800. The predicted octanol–water partition coefficient (Wildman–Crippen LogP) is 2.10. The molecule has 1 aliphatic heterocycles. The number of amides is 1. The number of nitrogens with zero attached hydrogens (tertiary/aromatic N) is 1. The van der Waals surface area contributed by atoms with Crippen molar-refractivity contribution in [3.63, 3.8) is 0 Å². The third-order valence-corrected chi connectivity index (χ3v) is 4.38. The first kappa shape index (κ1) is 16.9. The van der Waals surface area contributed by atoms with Gasteiger partial charge in [0.1, 0.15) is 5.82 Å². The van der Waals surface area contributed by atoms with E-state index in [1.807, 2.05) is 0 Å². The van der Waals surface area contributed by atoms with Crippen molar-refractivity contribution in [2.24, 2.45) is 5.92 Å². The van der Waals surface area contributed by atoms with Gasteiger partial charge in [0.05, 0.1) is 6.10 Å². The van der Waals surface area contributed by atoms with Crippen LogP contribution in [0, 0.1) is 11.7 Å². The molecule has 5 heteroatoms. The number of aliphatic hydroxyl groups excluding tert-OH is 1. The van der Waals surface area contributed by atoms with E-state index in [-0.39, 0.29) is 18.3 Å². The van der Waals surface area contributed by atoms with Crippen molar-refractivity contribution in [1.82, 2.24) is 10.2 Å². The zero-order valence-electron chi connectivity index (χ0n) is 13.1. The quantitative estimate of drug-likeness (QED) is 0.846. The van der Waals surface area contributed by atoms with E-state index in [2.05, 4.69) is 17.1 Å². The Kier molecular flexibility index (Phi) is 6.34. The Morgan fingerprint density at radius 1 is 1.36 bits per heavy atom. The Morgan fingerprint density at radius 2 is 2.00 bits per heavy atom. The highest BCUT2D eigenvalue weighted by atomic mass is 19.1. The summed E-state index contributed by atoms with van der Waals surface area (Å²) in [5.74, 6) is 0.0836. The zero-order valence-corrected chi connectivity index (χ0v) is 13.1. The number of carbonyl (C=O) groups excluding carboxylic acids is 1. The molecule has 1 fully saturated rings. The molecule has 2 rings (SSSR count). The zero-order chi connectivity index (χ0) is 15.9. The van der Waals surface area contributed by atoms with Crippen molar-refractivity contribution in [3.8, 4) is 0 Å². The van der Waals surface area contributed by atoms with Crippen LogP contribution in [0.15, 0.2) is 24.3 Å². The smallest absolute Gasteiger partial charge is 0.220 e. The van der Waals surface area contributed by atoms with E-state index in [0.29, 0.717) is 17.9 Å². The maximum absolute atomic E-state index is 12.8. The second kappa shape index (κ2) is 8.25. The van der Waals surface area contributed by atoms with Gasteiger partial charge in [0.2, 0.25) is 5.91 Å². The van der Waals surface area contributed by atoms with Crippen LogP contribution in [-0.4, -0.2) is 42.1 Å². The molecular weight excluding hydrogens is 283 g/mol. The first-order chi connectivity index (χ1) is 10.6. The number of carbonyl (C=O) groups is 1. The summed E-state index contributed by atoms with van der Waals surface area (Å²) in [5.41, 5.74) is 0.609. The molecule has 22 heavy (non-hydrogen) atoms. The fourth-order valence-electron chi connectivity index (χ4n) is 2.85. The van der Waals surface area contributed by atoms with Crippen LogP contribution in [0.2, 0.25) is 0 Å². The van der Waals surface area contributed by atoms with Crippen molar-refractivity contribution in [2.75, 3.05) is 26.2 Å². The molecule has 2 N–H and O–H groups in total. The van der Waals surface area contributed by atoms with Gasteiger partial charge in [-0.05, 0) is 56.1 Å². The normalized spacial score (nSPS) is 18.1. The largest absolute Gasteiger partial charge is 0.387 e. The molecule has 0 aromatic heterocycles. The average molecular weight is 308 g/mol. The standard InChI is InChI=1S/C17H25FN2O2/c1-2-20-9-7-13(8-10-20)11-17(22)19-12-16(21)14-3-5-15(18)6-4-14/h3-6,13,16,21H,2,7-12H2,1H3,(H,19,22)/t16-/m1/s1. The number of piperidine rings is 1. The van der Waals surface area contributed by atoms with Gasteiger partial charge in [0.15, 0.2) is 0 Å². The summed E-state index contributed by atoms with van der Waals surface area (Å²) in [5, 5.41) is 12.8. The first-order valence-electron chi connectivity index (χ1n) is 8.01. The molecular formula is C17H25FN2O2. The number of benzene rings is 1. The molecule has 1 amide bonds. The van der Waals surface area contributed by atoms with Crippen LogP contribution in [0.5, 0.6) is 0 Å². The van der Waals surface area contributed by atoms with E-state index in [1.165, 1.54) is 24.3 Å². The molecule has 1 atom stereocenters. The number of likely N-dealkylation sites (tertiary alicyclic amines) is 1. The topological polar surface area (TPSA) is 52.6 Å². The molecule has 0 aliphatic carbocycles. The number of hydrogen-bond acceptors (Lipinski definition) is 3. The molecule has 4 nitrogen and oxygen atoms in total. The van der Waals surface area contributed by atoms with E-state index < -0.39 is 6.10 Å². The van der Waals surface area contributed by atoms with Crippen LogP contribution in [0.3, 0.4) is 0 Å². The molecule has 0 radical (unpaired) electrons. The Morgan fingerprint density at radius 3 is 2.59 bits per heavy atom.